The Hall–Kier alpha value is -2.67. The molecule has 22 heavy (non-hydrogen) atoms. The summed E-state index contributed by atoms with van der Waals surface area (Å²) in [5.74, 6) is 1.16. The Morgan fingerprint density at radius 2 is 1.86 bits per heavy atom. The highest BCUT2D eigenvalue weighted by atomic mass is 35.5. The van der Waals surface area contributed by atoms with Crippen LogP contribution in [0.3, 0.4) is 0 Å². The van der Waals surface area contributed by atoms with Crippen molar-refractivity contribution in [2.75, 3.05) is 0 Å². The SMILES string of the molecule is CC(Oc1ccc(Oc2ccc([N+](=O)[O-])cn2)cc1)C(=O)Cl. The molecular formula is C14H11ClN2O5. The molecular weight excluding hydrogens is 312 g/mol. The average molecular weight is 323 g/mol. The fourth-order valence-electron chi connectivity index (χ4n) is 1.50. The van der Waals surface area contributed by atoms with Crippen molar-refractivity contribution in [1.29, 1.82) is 0 Å². The molecule has 0 bridgehead atoms. The minimum absolute atomic E-state index is 0.115. The van der Waals surface area contributed by atoms with Gasteiger partial charge in [-0.15, -0.1) is 0 Å². The number of hydrogen-bond acceptors (Lipinski definition) is 6. The van der Waals surface area contributed by atoms with Crippen LogP contribution in [0, 0.1) is 10.1 Å². The van der Waals surface area contributed by atoms with Crippen LogP contribution >= 0.6 is 11.6 Å². The van der Waals surface area contributed by atoms with Gasteiger partial charge in [-0.1, -0.05) is 0 Å². The highest BCUT2D eigenvalue weighted by molar-refractivity contribution is 6.64. The van der Waals surface area contributed by atoms with E-state index in [0.29, 0.717) is 11.5 Å². The summed E-state index contributed by atoms with van der Waals surface area (Å²) in [6, 6.07) is 9.15. The molecule has 8 heteroatoms. The lowest BCUT2D eigenvalue weighted by Crippen LogP contribution is -2.18. The molecule has 0 saturated carbocycles. The fraction of sp³-hybridized carbons (Fsp3) is 0.143. The maximum absolute atomic E-state index is 10.9. The zero-order valence-electron chi connectivity index (χ0n) is 11.4. The Labute approximate surface area is 130 Å². The van der Waals surface area contributed by atoms with Crippen LogP contribution < -0.4 is 9.47 Å². The van der Waals surface area contributed by atoms with Gasteiger partial charge in [-0.3, -0.25) is 14.9 Å². The molecule has 1 atom stereocenters. The number of ether oxygens (including phenoxy) is 2. The van der Waals surface area contributed by atoms with Crippen LogP contribution in [-0.2, 0) is 4.79 Å². The van der Waals surface area contributed by atoms with Crippen molar-refractivity contribution < 1.29 is 19.2 Å². The molecule has 0 aliphatic heterocycles. The molecule has 0 aliphatic rings. The van der Waals surface area contributed by atoms with E-state index in [9.17, 15) is 14.9 Å². The molecule has 0 amide bonds. The Kier molecular flexibility index (Phi) is 4.90. The Morgan fingerprint density at radius 1 is 1.23 bits per heavy atom. The molecule has 2 rings (SSSR count). The van der Waals surface area contributed by atoms with Gasteiger partial charge in [0.2, 0.25) is 5.88 Å². The number of halogens is 1. The minimum Gasteiger partial charge on any atom is -0.482 e. The van der Waals surface area contributed by atoms with E-state index in [0.717, 1.165) is 6.20 Å². The van der Waals surface area contributed by atoms with Crippen LogP contribution in [0.15, 0.2) is 42.6 Å². The fourth-order valence-corrected chi connectivity index (χ4v) is 1.54. The van der Waals surface area contributed by atoms with Crippen molar-refractivity contribution in [2.24, 2.45) is 0 Å². The van der Waals surface area contributed by atoms with Crippen LogP contribution in [0.1, 0.15) is 6.92 Å². The molecule has 2 aromatic rings. The molecule has 1 aromatic carbocycles. The van der Waals surface area contributed by atoms with Crippen LogP contribution in [0.5, 0.6) is 17.4 Å². The first-order chi connectivity index (χ1) is 10.5. The third-order valence-electron chi connectivity index (χ3n) is 2.61. The van der Waals surface area contributed by atoms with Crippen LogP contribution in [0.25, 0.3) is 0 Å². The Bertz CT molecular complexity index is 673. The first kappa shape index (κ1) is 15.7. The van der Waals surface area contributed by atoms with Crippen LogP contribution in [0.2, 0.25) is 0 Å². The summed E-state index contributed by atoms with van der Waals surface area (Å²) in [5.41, 5.74) is -0.115. The second-order valence-electron chi connectivity index (χ2n) is 4.25. The summed E-state index contributed by atoms with van der Waals surface area (Å²) in [4.78, 5) is 24.7. The van der Waals surface area contributed by atoms with E-state index in [-0.39, 0.29) is 11.6 Å². The van der Waals surface area contributed by atoms with Gasteiger partial charge in [0, 0.05) is 12.1 Å². The maximum Gasteiger partial charge on any atom is 0.287 e. The van der Waals surface area contributed by atoms with Crippen LogP contribution in [-0.4, -0.2) is 21.3 Å². The number of pyridine rings is 1. The summed E-state index contributed by atoms with van der Waals surface area (Å²) in [5, 5.41) is 9.93. The van der Waals surface area contributed by atoms with Gasteiger partial charge in [-0.05, 0) is 42.8 Å². The van der Waals surface area contributed by atoms with Gasteiger partial charge >= 0.3 is 0 Å². The smallest absolute Gasteiger partial charge is 0.287 e. The number of hydrogen-bond donors (Lipinski definition) is 0. The van der Waals surface area contributed by atoms with Crippen molar-refractivity contribution in [3.05, 3.63) is 52.7 Å². The zero-order valence-corrected chi connectivity index (χ0v) is 12.2. The lowest BCUT2D eigenvalue weighted by molar-refractivity contribution is -0.385. The first-order valence-corrected chi connectivity index (χ1v) is 6.58. The zero-order chi connectivity index (χ0) is 16.1. The number of benzene rings is 1. The van der Waals surface area contributed by atoms with Gasteiger partial charge in [0.15, 0.2) is 6.10 Å². The van der Waals surface area contributed by atoms with Gasteiger partial charge < -0.3 is 9.47 Å². The lowest BCUT2D eigenvalue weighted by Gasteiger charge is -2.11. The van der Waals surface area contributed by atoms with Crippen molar-refractivity contribution in [3.63, 3.8) is 0 Å². The summed E-state index contributed by atoms with van der Waals surface area (Å²) >= 11 is 5.31. The quantitative estimate of drug-likeness (QED) is 0.460. The number of rotatable bonds is 6. The second kappa shape index (κ2) is 6.86. The van der Waals surface area contributed by atoms with Gasteiger partial charge in [0.05, 0.1) is 4.92 Å². The van der Waals surface area contributed by atoms with Crippen molar-refractivity contribution in [1.82, 2.24) is 4.98 Å². The predicted molar refractivity (Wildman–Crippen MR) is 78.4 cm³/mol. The third kappa shape index (κ3) is 4.16. The summed E-state index contributed by atoms with van der Waals surface area (Å²) < 4.78 is 10.7. The Balaban J connectivity index is 2.01. The van der Waals surface area contributed by atoms with Crippen molar-refractivity contribution in [2.45, 2.75) is 13.0 Å². The van der Waals surface area contributed by atoms with Crippen LogP contribution in [0.4, 0.5) is 5.69 Å². The molecule has 0 aliphatic carbocycles. The van der Waals surface area contributed by atoms with Crippen molar-refractivity contribution >= 4 is 22.5 Å². The van der Waals surface area contributed by atoms with E-state index in [1.807, 2.05) is 0 Å². The summed E-state index contributed by atoms with van der Waals surface area (Å²) in [7, 11) is 0. The number of nitro groups is 1. The molecule has 0 spiro atoms. The number of nitrogens with zero attached hydrogens (tertiary/aromatic N) is 2. The van der Waals surface area contributed by atoms with E-state index >= 15 is 0 Å². The number of carbonyl (C=O) groups excluding carboxylic acids is 1. The van der Waals surface area contributed by atoms with Crippen molar-refractivity contribution in [3.8, 4) is 17.4 Å². The van der Waals surface area contributed by atoms with E-state index in [1.54, 1.807) is 31.2 Å². The standard InChI is InChI=1S/C14H11ClN2O5/c1-9(14(15)18)21-11-3-5-12(6-4-11)22-13-7-2-10(8-16-13)17(19)20/h2-9H,1H3. The monoisotopic (exact) mass is 322 g/mol. The molecule has 0 fully saturated rings. The molecule has 7 nitrogen and oxygen atoms in total. The molecule has 1 heterocycles. The molecule has 0 saturated heterocycles. The molecule has 0 radical (unpaired) electrons. The van der Waals surface area contributed by atoms with E-state index in [2.05, 4.69) is 4.98 Å². The number of aromatic nitrogens is 1. The molecule has 0 N–H and O–H groups in total. The predicted octanol–water partition coefficient (Wildman–Crippen LogP) is 3.31. The summed E-state index contributed by atoms with van der Waals surface area (Å²) in [6.45, 7) is 1.54. The maximum atomic E-state index is 10.9. The molecule has 1 unspecified atom stereocenters. The number of carbonyl (C=O) groups is 1. The topological polar surface area (TPSA) is 91.6 Å². The van der Waals surface area contributed by atoms with Gasteiger partial charge in [0.1, 0.15) is 17.7 Å². The molecule has 114 valence electrons. The lowest BCUT2D eigenvalue weighted by atomic mass is 10.3. The van der Waals surface area contributed by atoms with Gasteiger partial charge in [0.25, 0.3) is 10.9 Å². The normalized spacial score (nSPS) is 11.5. The highest BCUT2D eigenvalue weighted by Crippen LogP contribution is 2.24. The van der Waals surface area contributed by atoms with E-state index in [1.165, 1.54) is 12.1 Å². The van der Waals surface area contributed by atoms with E-state index in [4.69, 9.17) is 21.1 Å². The third-order valence-corrected chi connectivity index (χ3v) is 2.92. The molecule has 1 aromatic heterocycles. The minimum atomic E-state index is -0.746. The average Bonchev–Trinajstić information content (AvgIpc) is 2.49. The van der Waals surface area contributed by atoms with Gasteiger partial charge in [-0.2, -0.15) is 0 Å². The largest absolute Gasteiger partial charge is 0.482 e. The van der Waals surface area contributed by atoms with Gasteiger partial charge in [-0.25, -0.2) is 4.98 Å². The first-order valence-electron chi connectivity index (χ1n) is 6.20. The second-order valence-corrected chi connectivity index (χ2v) is 4.62. The highest BCUT2D eigenvalue weighted by Gasteiger charge is 2.11. The summed E-state index contributed by atoms with van der Waals surface area (Å²) in [6.07, 6.45) is 0.366. The Morgan fingerprint density at radius 3 is 2.36 bits per heavy atom. The van der Waals surface area contributed by atoms with E-state index < -0.39 is 16.3 Å².